The van der Waals surface area contributed by atoms with Gasteiger partial charge in [-0.15, -0.1) is 0 Å². The highest BCUT2D eigenvalue weighted by molar-refractivity contribution is 6.06. The third kappa shape index (κ3) is 6.07. The number of allylic oxidation sites excluding steroid dienone is 1. The molecule has 8 heteroatoms. The minimum atomic E-state index is -0.677. The first kappa shape index (κ1) is 21.4. The van der Waals surface area contributed by atoms with Crippen LogP contribution in [0.15, 0.2) is 73.2 Å². The summed E-state index contributed by atoms with van der Waals surface area (Å²) in [4.78, 5) is 44.4. The Morgan fingerprint density at radius 1 is 1.06 bits per heavy atom. The quantitative estimate of drug-likeness (QED) is 0.266. The molecule has 0 bridgehead atoms. The first-order valence-electron chi connectivity index (χ1n) is 9.40. The zero-order valence-corrected chi connectivity index (χ0v) is 16.6. The van der Waals surface area contributed by atoms with Crippen molar-refractivity contribution in [3.8, 4) is 5.75 Å². The van der Waals surface area contributed by atoms with Gasteiger partial charge in [0.1, 0.15) is 11.4 Å². The Bertz CT molecular complexity index is 1100. The van der Waals surface area contributed by atoms with Gasteiger partial charge in [0.15, 0.2) is 0 Å². The van der Waals surface area contributed by atoms with Gasteiger partial charge in [-0.2, -0.15) is 0 Å². The van der Waals surface area contributed by atoms with Crippen LogP contribution in [0.4, 0.5) is 10.5 Å². The molecule has 0 atom stereocenters. The van der Waals surface area contributed by atoms with Crippen LogP contribution in [0.25, 0.3) is 6.08 Å². The van der Waals surface area contributed by atoms with Crippen molar-refractivity contribution in [3.63, 3.8) is 0 Å². The van der Waals surface area contributed by atoms with Crippen LogP contribution >= 0.6 is 0 Å². The van der Waals surface area contributed by atoms with E-state index in [9.17, 15) is 14.4 Å². The van der Waals surface area contributed by atoms with E-state index in [2.05, 4.69) is 15.3 Å². The molecule has 1 amide bonds. The van der Waals surface area contributed by atoms with Crippen LogP contribution < -0.4 is 10.1 Å². The first-order chi connectivity index (χ1) is 15.1. The van der Waals surface area contributed by atoms with E-state index in [1.807, 2.05) is 0 Å². The maximum absolute atomic E-state index is 12.3. The predicted molar refractivity (Wildman–Crippen MR) is 114 cm³/mol. The number of aromatic nitrogens is 2. The zero-order chi connectivity index (χ0) is 22.1. The highest BCUT2D eigenvalue weighted by Crippen LogP contribution is 2.25. The Balaban J connectivity index is 1.84. The van der Waals surface area contributed by atoms with Crippen molar-refractivity contribution in [3.05, 3.63) is 90.0 Å². The van der Waals surface area contributed by atoms with Gasteiger partial charge in [0.2, 0.25) is 5.78 Å². The molecule has 1 aromatic carbocycles. The van der Waals surface area contributed by atoms with Gasteiger partial charge in [0.05, 0.1) is 17.9 Å². The SMILES string of the molecule is CCOC(=O)Nc1cc(OC(=O)c2cccnc2)ccc1/C=C/C(=O)c1ccccn1. The Labute approximate surface area is 178 Å². The average Bonchev–Trinajstić information content (AvgIpc) is 2.79. The lowest BCUT2D eigenvalue weighted by Gasteiger charge is -2.11. The topological polar surface area (TPSA) is 107 Å². The largest absolute Gasteiger partial charge is 0.450 e. The van der Waals surface area contributed by atoms with Gasteiger partial charge in [0.25, 0.3) is 0 Å². The standard InChI is InChI=1S/C23H19N3O5/c1-2-30-23(29)26-20-14-18(31-22(28)17-6-5-12-24-15-17)10-8-16(20)9-11-21(27)19-7-3-4-13-25-19/h3-15H,2H2,1H3,(H,26,29)/b11-9+. The Kier molecular flexibility index (Phi) is 7.21. The Morgan fingerprint density at radius 2 is 1.94 bits per heavy atom. The van der Waals surface area contributed by atoms with Gasteiger partial charge in [-0.3, -0.25) is 20.1 Å². The summed E-state index contributed by atoms with van der Waals surface area (Å²) in [7, 11) is 0. The van der Waals surface area contributed by atoms with Gasteiger partial charge >= 0.3 is 12.1 Å². The fourth-order valence-electron chi connectivity index (χ4n) is 2.54. The summed E-state index contributed by atoms with van der Waals surface area (Å²) in [6.07, 6.45) is 6.66. The third-order valence-electron chi connectivity index (χ3n) is 3.98. The molecule has 0 fully saturated rings. The van der Waals surface area contributed by atoms with Gasteiger partial charge in [-0.1, -0.05) is 6.07 Å². The van der Waals surface area contributed by atoms with Gasteiger partial charge in [-0.05, 0) is 61.0 Å². The van der Waals surface area contributed by atoms with Crippen molar-refractivity contribution in [2.75, 3.05) is 11.9 Å². The second-order valence-corrected chi connectivity index (χ2v) is 6.14. The van der Waals surface area contributed by atoms with Crippen molar-refractivity contribution >= 4 is 29.6 Å². The highest BCUT2D eigenvalue weighted by Gasteiger charge is 2.12. The maximum atomic E-state index is 12.3. The van der Waals surface area contributed by atoms with E-state index in [1.54, 1.807) is 55.6 Å². The van der Waals surface area contributed by atoms with Gasteiger partial charge in [0, 0.05) is 24.7 Å². The van der Waals surface area contributed by atoms with Crippen LogP contribution in [-0.2, 0) is 4.74 Å². The molecule has 2 aromatic heterocycles. The second-order valence-electron chi connectivity index (χ2n) is 6.14. The van der Waals surface area contributed by atoms with Crippen LogP contribution in [0.5, 0.6) is 5.75 Å². The van der Waals surface area contributed by atoms with E-state index in [1.165, 1.54) is 30.6 Å². The van der Waals surface area contributed by atoms with E-state index >= 15 is 0 Å². The van der Waals surface area contributed by atoms with Gasteiger partial charge < -0.3 is 9.47 Å². The monoisotopic (exact) mass is 417 g/mol. The molecule has 8 nitrogen and oxygen atoms in total. The number of ketones is 1. The van der Waals surface area contributed by atoms with Crippen LogP contribution in [0.3, 0.4) is 0 Å². The van der Waals surface area contributed by atoms with Crippen molar-refractivity contribution in [1.82, 2.24) is 9.97 Å². The van der Waals surface area contributed by atoms with E-state index < -0.39 is 12.1 Å². The Morgan fingerprint density at radius 3 is 2.65 bits per heavy atom. The summed E-state index contributed by atoms with van der Waals surface area (Å²) < 4.78 is 10.3. The van der Waals surface area contributed by atoms with Crippen molar-refractivity contribution in [1.29, 1.82) is 0 Å². The van der Waals surface area contributed by atoms with E-state index in [4.69, 9.17) is 9.47 Å². The zero-order valence-electron chi connectivity index (χ0n) is 16.6. The molecule has 0 aliphatic heterocycles. The summed E-state index contributed by atoms with van der Waals surface area (Å²) >= 11 is 0. The van der Waals surface area contributed by atoms with Crippen molar-refractivity contribution in [2.24, 2.45) is 0 Å². The van der Waals surface area contributed by atoms with Crippen LogP contribution in [0.2, 0.25) is 0 Å². The number of amides is 1. The summed E-state index contributed by atoms with van der Waals surface area (Å²) in [5.41, 5.74) is 1.39. The molecule has 3 rings (SSSR count). The van der Waals surface area contributed by atoms with Crippen molar-refractivity contribution in [2.45, 2.75) is 6.92 Å². The fourth-order valence-corrected chi connectivity index (χ4v) is 2.54. The number of carbonyl (C=O) groups excluding carboxylic acids is 3. The summed E-state index contributed by atoms with van der Waals surface area (Å²) in [5.74, 6) is -0.688. The first-order valence-corrected chi connectivity index (χ1v) is 9.40. The highest BCUT2D eigenvalue weighted by atomic mass is 16.5. The molecule has 0 aliphatic carbocycles. The van der Waals surface area contributed by atoms with E-state index in [-0.39, 0.29) is 23.7 Å². The lowest BCUT2D eigenvalue weighted by molar-refractivity contribution is 0.0734. The van der Waals surface area contributed by atoms with E-state index in [0.717, 1.165) is 0 Å². The number of benzene rings is 1. The van der Waals surface area contributed by atoms with Crippen LogP contribution in [0, 0.1) is 0 Å². The fraction of sp³-hybridized carbons (Fsp3) is 0.0870. The number of carbonyl (C=O) groups is 3. The number of hydrogen-bond acceptors (Lipinski definition) is 7. The molecule has 0 radical (unpaired) electrons. The molecule has 0 saturated heterocycles. The smallest absolute Gasteiger partial charge is 0.411 e. The van der Waals surface area contributed by atoms with Crippen LogP contribution in [-0.4, -0.2) is 34.4 Å². The molecule has 0 spiro atoms. The number of rotatable bonds is 7. The van der Waals surface area contributed by atoms with E-state index in [0.29, 0.717) is 16.9 Å². The molecule has 31 heavy (non-hydrogen) atoms. The molecule has 0 unspecified atom stereocenters. The number of pyridine rings is 2. The minimum Gasteiger partial charge on any atom is -0.450 e. The van der Waals surface area contributed by atoms with Gasteiger partial charge in [-0.25, -0.2) is 9.59 Å². The molecule has 1 N–H and O–H groups in total. The summed E-state index contributed by atoms with van der Waals surface area (Å²) in [5, 5.41) is 2.59. The second kappa shape index (κ2) is 10.4. The molecular weight excluding hydrogens is 398 g/mol. The number of anilines is 1. The maximum Gasteiger partial charge on any atom is 0.411 e. The number of ether oxygens (including phenoxy) is 2. The number of nitrogens with zero attached hydrogens (tertiary/aromatic N) is 2. The number of esters is 1. The number of nitrogens with one attached hydrogen (secondary N) is 1. The van der Waals surface area contributed by atoms with Crippen molar-refractivity contribution < 1.29 is 23.9 Å². The Hall–Kier alpha value is -4.33. The van der Waals surface area contributed by atoms with Crippen LogP contribution in [0.1, 0.15) is 33.3 Å². The molecule has 3 aromatic rings. The molecule has 0 aliphatic rings. The predicted octanol–water partition coefficient (Wildman–Crippen LogP) is 4.16. The third-order valence-corrected chi connectivity index (χ3v) is 3.98. The molecule has 156 valence electrons. The normalized spacial score (nSPS) is 10.5. The molecule has 0 saturated carbocycles. The molecular formula is C23H19N3O5. The number of hydrogen-bond donors (Lipinski definition) is 1. The molecule has 2 heterocycles. The average molecular weight is 417 g/mol. The lowest BCUT2D eigenvalue weighted by Crippen LogP contribution is -2.14. The summed E-state index contributed by atoms with van der Waals surface area (Å²) in [6.45, 7) is 1.86. The summed E-state index contributed by atoms with van der Waals surface area (Å²) in [6, 6.07) is 12.9. The minimum absolute atomic E-state index is 0.185. The lowest BCUT2D eigenvalue weighted by atomic mass is 10.1.